The summed E-state index contributed by atoms with van der Waals surface area (Å²) < 4.78 is 7.03. The predicted molar refractivity (Wildman–Crippen MR) is 134 cm³/mol. The number of rotatable bonds is 6. The van der Waals surface area contributed by atoms with Crippen LogP contribution in [0.4, 0.5) is 0 Å². The van der Waals surface area contributed by atoms with Crippen molar-refractivity contribution in [2.75, 3.05) is 0 Å². The summed E-state index contributed by atoms with van der Waals surface area (Å²) in [6.45, 7) is 0.464. The summed E-state index contributed by atoms with van der Waals surface area (Å²) in [6, 6.07) is 28.7. The summed E-state index contributed by atoms with van der Waals surface area (Å²) in [5.74, 6) is -0.215. The maximum atomic E-state index is 11.0. The Kier molecular flexibility index (Phi) is 6.52. The first-order chi connectivity index (χ1) is 15.5. The lowest BCUT2D eigenvalue weighted by Crippen LogP contribution is -1.98. The number of allylic oxidation sites excluding steroid dienone is 1. The van der Waals surface area contributed by atoms with Crippen molar-refractivity contribution in [1.82, 2.24) is 0 Å². The zero-order valence-electron chi connectivity index (χ0n) is 17.0. The Morgan fingerprint density at radius 1 is 0.969 bits per heavy atom. The Balaban J connectivity index is 1.53. The van der Waals surface area contributed by atoms with E-state index in [1.54, 1.807) is 18.2 Å². The number of hydrogen-bond acceptors (Lipinski definition) is 3. The molecular formula is C27H18INO3. The minimum absolute atomic E-state index is 0.188. The quantitative estimate of drug-likeness (QED) is 0.169. The largest absolute Gasteiger partial charge is 0.488 e. The molecule has 0 aliphatic rings. The number of carbonyl (C=O) groups is 1. The van der Waals surface area contributed by atoms with Gasteiger partial charge in [-0.25, -0.2) is 4.79 Å². The fourth-order valence-corrected chi connectivity index (χ4v) is 4.13. The third-order valence-corrected chi connectivity index (χ3v) is 5.94. The van der Waals surface area contributed by atoms with Crippen LogP contribution in [0.15, 0.2) is 84.9 Å². The van der Waals surface area contributed by atoms with Crippen LogP contribution in [0.1, 0.15) is 27.0 Å². The molecule has 0 saturated carbocycles. The minimum Gasteiger partial charge on any atom is -0.488 e. The lowest BCUT2D eigenvalue weighted by Gasteiger charge is -2.11. The highest BCUT2D eigenvalue weighted by Gasteiger charge is 2.08. The number of halogens is 1. The Labute approximate surface area is 199 Å². The first-order valence-corrected chi connectivity index (χ1v) is 11.0. The number of carboxylic acids is 1. The number of fused-ring (bicyclic) bond motifs is 1. The van der Waals surface area contributed by atoms with Gasteiger partial charge in [-0.2, -0.15) is 5.26 Å². The molecule has 1 N–H and O–H groups in total. The van der Waals surface area contributed by atoms with Gasteiger partial charge in [0.2, 0.25) is 0 Å². The van der Waals surface area contributed by atoms with Crippen molar-refractivity contribution in [3.8, 4) is 11.8 Å². The van der Waals surface area contributed by atoms with Gasteiger partial charge in [-0.15, -0.1) is 0 Å². The van der Waals surface area contributed by atoms with Crippen LogP contribution in [-0.4, -0.2) is 11.1 Å². The van der Waals surface area contributed by atoms with Gasteiger partial charge < -0.3 is 9.84 Å². The van der Waals surface area contributed by atoms with E-state index >= 15 is 0 Å². The predicted octanol–water partition coefficient (Wildman–Crippen LogP) is 6.79. The van der Waals surface area contributed by atoms with E-state index in [1.807, 2.05) is 36.4 Å². The third-order valence-electron chi connectivity index (χ3n) is 5.09. The molecule has 0 aliphatic carbocycles. The highest BCUT2D eigenvalue weighted by Crippen LogP contribution is 2.27. The van der Waals surface area contributed by atoms with Crippen LogP contribution in [0.2, 0.25) is 0 Å². The molecule has 0 saturated heterocycles. The summed E-state index contributed by atoms with van der Waals surface area (Å²) in [7, 11) is 0. The zero-order chi connectivity index (χ0) is 22.5. The summed E-state index contributed by atoms with van der Waals surface area (Å²) in [6.07, 6.45) is 1.78. The highest BCUT2D eigenvalue weighted by atomic mass is 127. The lowest BCUT2D eigenvalue weighted by molar-refractivity contribution is 0.0697. The lowest BCUT2D eigenvalue weighted by atomic mass is 10.0. The van der Waals surface area contributed by atoms with Gasteiger partial charge in [0.1, 0.15) is 12.4 Å². The molecule has 0 aromatic heterocycles. The van der Waals surface area contributed by atoms with E-state index in [9.17, 15) is 10.1 Å². The number of nitrogens with zero attached hydrogens (tertiary/aromatic N) is 1. The third kappa shape index (κ3) is 4.82. The van der Waals surface area contributed by atoms with Gasteiger partial charge in [-0.05, 0) is 80.4 Å². The van der Waals surface area contributed by atoms with Crippen molar-refractivity contribution in [2.45, 2.75) is 6.61 Å². The second-order valence-electron chi connectivity index (χ2n) is 7.17. The second-order valence-corrected chi connectivity index (χ2v) is 8.33. The van der Waals surface area contributed by atoms with Crippen molar-refractivity contribution >= 4 is 51.0 Å². The average molecular weight is 531 g/mol. The van der Waals surface area contributed by atoms with E-state index in [0.717, 1.165) is 20.4 Å². The Hall–Kier alpha value is -3.63. The standard InChI is InChI=1S/C27H18INO3/c28-25-15-18(14-23(16-29)19-9-11-21(12-10-19)27(30)31)8-13-26(25)32-17-22-6-3-5-20-4-1-2-7-24(20)22/h1-15H,17H2,(H,30,31)/b23-14-. The summed E-state index contributed by atoms with van der Waals surface area (Å²) in [5, 5.41) is 21.0. The number of benzene rings is 4. The molecule has 156 valence electrons. The van der Waals surface area contributed by atoms with E-state index in [-0.39, 0.29) is 5.56 Å². The van der Waals surface area contributed by atoms with Gasteiger partial charge in [-0.1, -0.05) is 60.7 Å². The molecule has 0 bridgehead atoms. The summed E-state index contributed by atoms with van der Waals surface area (Å²) in [5.41, 5.74) is 3.31. The van der Waals surface area contributed by atoms with Crippen LogP contribution >= 0.6 is 22.6 Å². The van der Waals surface area contributed by atoms with E-state index in [1.165, 1.54) is 22.9 Å². The van der Waals surface area contributed by atoms with Gasteiger partial charge >= 0.3 is 5.97 Å². The van der Waals surface area contributed by atoms with Crippen molar-refractivity contribution < 1.29 is 14.6 Å². The molecule has 0 unspecified atom stereocenters. The fraction of sp³-hybridized carbons (Fsp3) is 0.0370. The molecule has 4 aromatic carbocycles. The van der Waals surface area contributed by atoms with Gasteiger partial charge in [0.05, 0.1) is 20.8 Å². The van der Waals surface area contributed by atoms with Gasteiger partial charge in [-0.3, -0.25) is 0 Å². The molecule has 0 aliphatic heterocycles. The van der Waals surface area contributed by atoms with E-state index in [0.29, 0.717) is 17.7 Å². The topological polar surface area (TPSA) is 70.3 Å². The van der Waals surface area contributed by atoms with E-state index in [4.69, 9.17) is 9.84 Å². The van der Waals surface area contributed by atoms with Crippen LogP contribution in [0.25, 0.3) is 22.4 Å². The molecule has 5 heteroatoms. The number of hydrogen-bond donors (Lipinski definition) is 1. The monoisotopic (exact) mass is 531 g/mol. The fourth-order valence-electron chi connectivity index (χ4n) is 3.44. The molecular weight excluding hydrogens is 513 g/mol. The van der Waals surface area contributed by atoms with Gasteiger partial charge in [0, 0.05) is 0 Å². The Morgan fingerprint density at radius 2 is 1.69 bits per heavy atom. The van der Waals surface area contributed by atoms with Crippen molar-refractivity contribution in [3.05, 3.63) is 111 Å². The molecule has 32 heavy (non-hydrogen) atoms. The van der Waals surface area contributed by atoms with Crippen molar-refractivity contribution in [1.29, 1.82) is 5.26 Å². The first kappa shape index (κ1) is 21.6. The van der Waals surface area contributed by atoms with Crippen molar-refractivity contribution in [2.24, 2.45) is 0 Å². The molecule has 0 spiro atoms. The van der Waals surface area contributed by atoms with E-state index in [2.05, 4.69) is 52.9 Å². The molecule has 4 nitrogen and oxygen atoms in total. The molecule has 0 atom stereocenters. The maximum absolute atomic E-state index is 11.0. The summed E-state index contributed by atoms with van der Waals surface area (Å²) >= 11 is 2.23. The molecule has 0 heterocycles. The Morgan fingerprint density at radius 3 is 2.41 bits per heavy atom. The Bertz CT molecular complexity index is 1360. The number of ether oxygens (including phenoxy) is 1. The number of carboxylic acid groups (broad SMARTS) is 1. The molecule has 4 aromatic rings. The van der Waals surface area contributed by atoms with Crippen LogP contribution in [-0.2, 0) is 6.61 Å². The molecule has 4 rings (SSSR count). The normalized spacial score (nSPS) is 11.2. The summed E-state index contributed by atoms with van der Waals surface area (Å²) in [4.78, 5) is 11.0. The molecule has 0 radical (unpaired) electrons. The average Bonchev–Trinajstić information content (AvgIpc) is 2.82. The van der Waals surface area contributed by atoms with Crippen LogP contribution in [0.3, 0.4) is 0 Å². The maximum Gasteiger partial charge on any atom is 0.335 e. The van der Waals surface area contributed by atoms with Crippen LogP contribution in [0, 0.1) is 14.9 Å². The molecule has 0 fully saturated rings. The number of nitriles is 1. The smallest absolute Gasteiger partial charge is 0.335 e. The molecule has 0 amide bonds. The van der Waals surface area contributed by atoms with Gasteiger partial charge in [0.25, 0.3) is 0 Å². The number of aromatic carboxylic acids is 1. The van der Waals surface area contributed by atoms with Crippen LogP contribution in [0.5, 0.6) is 5.75 Å². The SMILES string of the molecule is N#C/C(=C/c1ccc(OCc2cccc3ccccc23)c(I)c1)c1ccc(C(=O)O)cc1. The highest BCUT2D eigenvalue weighted by molar-refractivity contribution is 14.1. The zero-order valence-corrected chi connectivity index (χ0v) is 19.1. The van der Waals surface area contributed by atoms with Crippen LogP contribution < -0.4 is 4.74 Å². The minimum atomic E-state index is -0.993. The second kappa shape index (κ2) is 9.67. The van der Waals surface area contributed by atoms with E-state index < -0.39 is 5.97 Å². The van der Waals surface area contributed by atoms with Gasteiger partial charge in [0.15, 0.2) is 0 Å². The first-order valence-electron chi connectivity index (χ1n) is 9.89. The van der Waals surface area contributed by atoms with Crippen molar-refractivity contribution in [3.63, 3.8) is 0 Å².